The highest BCUT2D eigenvalue weighted by Crippen LogP contribution is 2.30. The third-order valence-corrected chi connectivity index (χ3v) is 12.3. The topological polar surface area (TPSA) is 293 Å². The fourth-order valence-electron chi connectivity index (χ4n) is 8.61. The molecule has 4 fully saturated rings. The third-order valence-electron chi connectivity index (χ3n) is 12.3. The van der Waals surface area contributed by atoms with Gasteiger partial charge in [-0.05, 0) is 68.3 Å². The Hall–Kier alpha value is -5.75. The summed E-state index contributed by atoms with van der Waals surface area (Å²) >= 11 is 0. The molecule has 2 heterocycles. The minimum Gasteiger partial charge on any atom is -0.478 e. The van der Waals surface area contributed by atoms with Crippen molar-refractivity contribution < 1.29 is 53.1 Å². The number of Topliss-reactive ketones (excluding diaryl/α,β-unsaturated/α-hetero) is 2. The van der Waals surface area contributed by atoms with Crippen LogP contribution in [0, 0.1) is 17.3 Å². The number of nitrogens with one attached hydrogen (secondary N) is 5. The van der Waals surface area contributed by atoms with Crippen molar-refractivity contribution in [2.24, 2.45) is 23.0 Å². The van der Waals surface area contributed by atoms with Crippen molar-refractivity contribution >= 4 is 58.9 Å². The van der Waals surface area contributed by atoms with Gasteiger partial charge in [0.05, 0.1) is 17.7 Å². The van der Waals surface area contributed by atoms with E-state index in [4.69, 9.17) is 5.73 Å². The highest BCUT2D eigenvalue weighted by Gasteiger charge is 2.47. The van der Waals surface area contributed by atoms with Crippen LogP contribution in [0.5, 0.6) is 0 Å². The van der Waals surface area contributed by atoms with E-state index in [9.17, 15) is 53.1 Å². The monoisotopic (exact) mass is 864 g/mol. The summed E-state index contributed by atoms with van der Waals surface area (Å²) in [6.07, 6.45) is 10.4. The molecule has 338 valence electrons. The molecule has 3 aliphatic carbocycles. The Morgan fingerprint density at radius 2 is 1.42 bits per heavy atom. The molecule has 19 heteroatoms. The number of amides is 7. The van der Waals surface area contributed by atoms with E-state index < -0.39 is 119 Å². The summed E-state index contributed by atoms with van der Waals surface area (Å²) in [6.45, 7) is 4.41. The number of carboxylic acids is 1. The molecule has 4 aliphatic rings. The normalized spacial score (nSPS) is 20.5. The maximum Gasteiger partial charge on any atom is 0.338 e. The SMILES string of the molecule is CC(C)(C)[C@H](NC(=O)[C@H](CCC(=O)C(=O)NC1CC1)NC(=O)c1ccncc1C(=O)O)C(=O)N1CC(=O)C[C@H]1C(=O)N[C@H](C(=O)N[C@H](C(N)=O)C1CCCCC1)C1CCCCC1. The van der Waals surface area contributed by atoms with Crippen LogP contribution in [0.4, 0.5) is 0 Å². The lowest BCUT2D eigenvalue weighted by Crippen LogP contribution is -2.62. The first kappa shape index (κ1) is 47.3. The largest absolute Gasteiger partial charge is 0.478 e. The van der Waals surface area contributed by atoms with Crippen LogP contribution >= 0.6 is 0 Å². The van der Waals surface area contributed by atoms with Crippen molar-refractivity contribution in [2.75, 3.05) is 6.54 Å². The first-order valence-electron chi connectivity index (χ1n) is 21.7. The third kappa shape index (κ3) is 12.4. The molecule has 1 saturated heterocycles. The molecule has 0 bridgehead atoms. The quantitative estimate of drug-likeness (QED) is 0.101. The predicted octanol–water partition coefficient (Wildman–Crippen LogP) is 0.823. The van der Waals surface area contributed by atoms with E-state index >= 15 is 0 Å². The summed E-state index contributed by atoms with van der Waals surface area (Å²) in [5, 5.41) is 23.0. The Balaban J connectivity index is 1.36. The lowest BCUT2D eigenvalue weighted by molar-refractivity contribution is -0.145. The standard InChI is InChI=1S/C43H60N8O11/c1-43(2,3)34(50-37(56)29(16-17-31(53)39(58)46-25-14-15-25)47-36(55)27-18-19-45-21-28(27)42(61)62)41(60)51-22-26(52)20-30(51)38(57)49-33(24-12-8-5-9-13-24)40(59)48-32(35(44)54)23-10-6-4-7-11-23/h18-19,21,23-25,29-30,32-34H,4-17,20,22H2,1-3H3,(H2,44,54)(H,46,58)(H,47,55)(H,48,59)(H,49,57)(H,50,56)(H,61,62)/t29-,30-,32-,33-,34+/m0/s1. The van der Waals surface area contributed by atoms with Crippen LogP contribution in [0.15, 0.2) is 18.5 Å². The number of pyridine rings is 1. The van der Waals surface area contributed by atoms with Crippen LogP contribution in [0.1, 0.15) is 138 Å². The van der Waals surface area contributed by atoms with E-state index in [1.807, 2.05) is 0 Å². The number of carboxylic acid groups (broad SMARTS) is 1. The molecule has 0 aromatic carbocycles. The number of ketones is 2. The van der Waals surface area contributed by atoms with Gasteiger partial charge in [0, 0.05) is 31.3 Å². The summed E-state index contributed by atoms with van der Waals surface area (Å²) in [5.74, 6) is -8.82. The van der Waals surface area contributed by atoms with Crippen LogP contribution in [-0.2, 0) is 38.4 Å². The number of aromatic nitrogens is 1. The molecule has 5 atom stereocenters. The molecular formula is C43H60N8O11. The van der Waals surface area contributed by atoms with Gasteiger partial charge in [-0.3, -0.25) is 48.1 Å². The fraction of sp³-hybridized carbons (Fsp3) is 0.651. The minimum atomic E-state index is -1.57. The van der Waals surface area contributed by atoms with Gasteiger partial charge in [-0.15, -0.1) is 0 Å². The van der Waals surface area contributed by atoms with Crippen LogP contribution in [0.2, 0.25) is 0 Å². The molecule has 0 spiro atoms. The Morgan fingerprint density at radius 1 is 0.806 bits per heavy atom. The van der Waals surface area contributed by atoms with Gasteiger partial charge in [-0.25, -0.2) is 4.79 Å². The molecule has 3 saturated carbocycles. The van der Waals surface area contributed by atoms with Crippen molar-refractivity contribution in [3.05, 3.63) is 29.6 Å². The number of rotatable bonds is 18. The molecule has 5 rings (SSSR count). The van der Waals surface area contributed by atoms with E-state index in [0.29, 0.717) is 12.8 Å². The zero-order valence-electron chi connectivity index (χ0n) is 35.7. The molecule has 1 aromatic rings. The molecule has 1 aliphatic heterocycles. The summed E-state index contributed by atoms with van der Waals surface area (Å²) in [6, 6.07) is -5.36. The Morgan fingerprint density at radius 3 is 1.98 bits per heavy atom. The molecule has 62 heavy (non-hydrogen) atoms. The number of hydrogen-bond acceptors (Lipinski definition) is 11. The van der Waals surface area contributed by atoms with Gasteiger partial charge in [0.2, 0.25) is 35.3 Å². The molecule has 0 radical (unpaired) electrons. The molecule has 0 unspecified atom stereocenters. The number of aromatic carboxylic acids is 1. The molecular weight excluding hydrogens is 805 g/mol. The highest BCUT2D eigenvalue weighted by atomic mass is 16.4. The number of primary amides is 1. The fourth-order valence-corrected chi connectivity index (χ4v) is 8.61. The molecule has 8 N–H and O–H groups in total. The number of carbonyl (C=O) groups excluding carboxylic acids is 9. The second-order valence-electron chi connectivity index (χ2n) is 18.2. The van der Waals surface area contributed by atoms with Gasteiger partial charge in [0.25, 0.3) is 11.8 Å². The van der Waals surface area contributed by atoms with Gasteiger partial charge in [-0.1, -0.05) is 59.3 Å². The van der Waals surface area contributed by atoms with Crippen LogP contribution in [-0.4, -0.2) is 117 Å². The average molecular weight is 865 g/mol. The second kappa shape index (κ2) is 20.9. The molecule has 7 amide bonds. The minimum absolute atomic E-state index is 0.121. The van der Waals surface area contributed by atoms with Crippen molar-refractivity contribution in [3.8, 4) is 0 Å². The van der Waals surface area contributed by atoms with E-state index in [1.54, 1.807) is 20.8 Å². The molecule has 19 nitrogen and oxygen atoms in total. The Kier molecular flexibility index (Phi) is 15.9. The average Bonchev–Trinajstić information content (AvgIpc) is 3.97. The van der Waals surface area contributed by atoms with E-state index in [1.165, 1.54) is 6.20 Å². The summed E-state index contributed by atoms with van der Waals surface area (Å²) in [5.41, 5.74) is 3.90. The van der Waals surface area contributed by atoms with E-state index in [0.717, 1.165) is 81.4 Å². The van der Waals surface area contributed by atoms with Crippen LogP contribution < -0.4 is 32.3 Å². The number of hydrogen-bond donors (Lipinski definition) is 7. The number of nitrogens with zero attached hydrogens (tertiary/aromatic N) is 2. The number of nitrogens with two attached hydrogens (primary N) is 1. The zero-order valence-corrected chi connectivity index (χ0v) is 35.7. The summed E-state index contributed by atoms with van der Waals surface area (Å²) in [4.78, 5) is 138. The first-order valence-corrected chi connectivity index (χ1v) is 21.7. The maximum absolute atomic E-state index is 14.5. The van der Waals surface area contributed by atoms with Gasteiger partial charge in [-0.2, -0.15) is 0 Å². The van der Waals surface area contributed by atoms with Crippen LogP contribution in [0.3, 0.4) is 0 Å². The first-order chi connectivity index (χ1) is 29.3. The van der Waals surface area contributed by atoms with Crippen molar-refractivity contribution in [2.45, 2.75) is 153 Å². The van der Waals surface area contributed by atoms with Crippen LogP contribution in [0.25, 0.3) is 0 Å². The van der Waals surface area contributed by atoms with Gasteiger partial charge in [0.1, 0.15) is 30.2 Å². The highest BCUT2D eigenvalue weighted by molar-refractivity contribution is 6.36. The van der Waals surface area contributed by atoms with Gasteiger partial charge < -0.3 is 42.3 Å². The maximum atomic E-state index is 14.5. The Bertz CT molecular complexity index is 1920. The molecule has 1 aromatic heterocycles. The number of likely N-dealkylation sites (tertiary alicyclic amines) is 1. The smallest absolute Gasteiger partial charge is 0.338 e. The van der Waals surface area contributed by atoms with Gasteiger partial charge >= 0.3 is 5.97 Å². The summed E-state index contributed by atoms with van der Waals surface area (Å²) in [7, 11) is 0. The van der Waals surface area contributed by atoms with E-state index in [-0.39, 0.29) is 29.9 Å². The van der Waals surface area contributed by atoms with Crippen molar-refractivity contribution in [1.82, 2.24) is 36.5 Å². The lowest BCUT2D eigenvalue weighted by atomic mass is 9.81. The van der Waals surface area contributed by atoms with Gasteiger partial charge in [0.15, 0.2) is 5.78 Å². The van der Waals surface area contributed by atoms with E-state index in [2.05, 4.69) is 31.6 Å². The summed E-state index contributed by atoms with van der Waals surface area (Å²) < 4.78 is 0. The predicted molar refractivity (Wildman–Crippen MR) is 221 cm³/mol. The number of carbonyl (C=O) groups is 10. The van der Waals surface area contributed by atoms with Crippen molar-refractivity contribution in [1.29, 1.82) is 0 Å². The zero-order chi connectivity index (χ0) is 45.3. The lowest BCUT2D eigenvalue weighted by Gasteiger charge is -2.37. The Labute approximate surface area is 360 Å². The second-order valence-corrected chi connectivity index (χ2v) is 18.2. The van der Waals surface area contributed by atoms with Crippen molar-refractivity contribution in [3.63, 3.8) is 0 Å².